The van der Waals surface area contributed by atoms with Gasteiger partial charge in [-0.15, -0.1) is 28.1 Å². The van der Waals surface area contributed by atoms with Crippen LogP contribution in [0.5, 0.6) is 0 Å². The summed E-state index contributed by atoms with van der Waals surface area (Å²) in [6.07, 6.45) is 1.84. The largest absolute Gasteiger partial charge is 0.345 e. The molecule has 0 amide bonds. The molecule has 0 N–H and O–H groups in total. The van der Waals surface area contributed by atoms with Gasteiger partial charge in [0.2, 0.25) is 0 Å². The van der Waals surface area contributed by atoms with E-state index in [1.807, 2.05) is 78.4 Å². The third kappa shape index (κ3) is 3.91. The van der Waals surface area contributed by atoms with Crippen molar-refractivity contribution in [3.05, 3.63) is 83.5 Å². The summed E-state index contributed by atoms with van der Waals surface area (Å²) < 4.78 is 4.12. The highest BCUT2D eigenvalue weighted by molar-refractivity contribution is 7.99. The Bertz CT molecular complexity index is 1170. The van der Waals surface area contributed by atoms with Crippen LogP contribution in [0, 0.1) is 13.8 Å². The summed E-state index contributed by atoms with van der Waals surface area (Å²) in [7, 11) is 0. The molecule has 0 aliphatic carbocycles. The predicted octanol–water partition coefficient (Wildman–Crippen LogP) is 5.58. The molecule has 0 aliphatic rings. The van der Waals surface area contributed by atoms with Gasteiger partial charge in [0.05, 0.1) is 10.6 Å². The molecule has 0 radical (unpaired) electrons. The minimum absolute atomic E-state index is 0.0868. The van der Waals surface area contributed by atoms with E-state index < -0.39 is 0 Å². The van der Waals surface area contributed by atoms with Crippen molar-refractivity contribution >= 4 is 28.9 Å². The topological polar surface area (TPSA) is 52.7 Å². The second-order valence-electron chi connectivity index (χ2n) is 6.85. The van der Waals surface area contributed by atoms with Crippen LogP contribution in [0.25, 0.3) is 16.4 Å². The number of carbonyl (C=O) groups is 1. The fourth-order valence-corrected chi connectivity index (χ4v) is 4.97. The molecule has 5 nitrogen and oxygen atoms in total. The van der Waals surface area contributed by atoms with Crippen LogP contribution in [0.4, 0.5) is 0 Å². The SMILES string of the molecule is C=CCn1c(C)cc(C(=O)CSc2nnc(-c3cccs3)n2-c2ccccc2)c1C. The Labute approximate surface area is 184 Å². The van der Waals surface area contributed by atoms with Crippen molar-refractivity contribution in [1.29, 1.82) is 0 Å². The molecule has 3 aromatic heterocycles. The average molecular weight is 435 g/mol. The minimum atomic E-state index is 0.0868. The van der Waals surface area contributed by atoms with E-state index in [4.69, 9.17) is 0 Å². The molecule has 7 heteroatoms. The number of aromatic nitrogens is 4. The predicted molar refractivity (Wildman–Crippen MR) is 124 cm³/mol. The van der Waals surface area contributed by atoms with E-state index in [0.29, 0.717) is 17.5 Å². The Morgan fingerprint density at radius 3 is 2.67 bits per heavy atom. The summed E-state index contributed by atoms with van der Waals surface area (Å²) in [6, 6.07) is 16.0. The lowest BCUT2D eigenvalue weighted by molar-refractivity contribution is 0.102. The van der Waals surface area contributed by atoms with Gasteiger partial charge in [-0.1, -0.05) is 42.1 Å². The summed E-state index contributed by atoms with van der Waals surface area (Å²) >= 11 is 3.04. The molecule has 0 bridgehead atoms. The first kappa shape index (κ1) is 20.4. The summed E-state index contributed by atoms with van der Waals surface area (Å²) in [5.74, 6) is 1.17. The number of aryl methyl sites for hydroxylation is 1. The summed E-state index contributed by atoms with van der Waals surface area (Å²) in [5.41, 5.74) is 3.77. The van der Waals surface area contributed by atoms with Crippen LogP contribution in [0.2, 0.25) is 0 Å². The molecule has 0 fully saturated rings. The van der Waals surface area contributed by atoms with Crippen molar-refractivity contribution in [3.63, 3.8) is 0 Å². The lowest BCUT2D eigenvalue weighted by Crippen LogP contribution is -2.07. The van der Waals surface area contributed by atoms with Gasteiger partial charge in [0.1, 0.15) is 0 Å². The monoisotopic (exact) mass is 434 g/mol. The minimum Gasteiger partial charge on any atom is -0.345 e. The van der Waals surface area contributed by atoms with Crippen molar-refractivity contribution in [2.24, 2.45) is 0 Å². The van der Waals surface area contributed by atoms with Gasteiger partial charge in [-0.25, -0.2) is 0 Å². The number of para-hydroxylation sites is 1. The van der Waals surface area contributed by atoms with Gasteiger partial charge >= 0.3 is 0 Å². The van der Waals surface area contributed by atoms with Gasteiger partial charge in [-0.05, 0) is 43.5 Å². The number of carbonyl (C=O) groups excluding carboxylic acids is 1. The Balaban J connectivity index is 1.62. The maximum atomic E-state index is 13.0. The van der Waals surface area contributed by atoms with Crippen molar-refractivity contribution in [2.75, 3.05) is 5.75 Å². The lowest BCUT2D eigenvalue weighted by Gasteiger charge is -2.09. The summed E-state index contributed by atoms with van der Waals surface area (Å²) in [4.78, 5) is 14.0. The maximum Gasteiger partial charge on any atom is 0.196 e. The van der Waals surface area contributed by atoms with Crippen molar-refractivity contribution in [1.82, 2.24) is 19.3 Å². The van der Waals surface area contributed by atoms with Crippen LogP contribution in [0.3, 0.4) is 0 Å². The zero-order valence-electron chi connectivity index (χ0n) is 16.9. The highest BCUT2D eigenvalue weighted by Crippen LogP contribution is 2.31. The van der Waals surface area contributed by atoms with E-state index >= 15 is 0 Å². The molecule has 0 saturated heterocycles. The number of hydrogen-bond acceptors (Lipinski definition) is 5. The van der Waals surface area contributed by atoms with Gasteiger partial charge < -0.3 is 4.57 Å². The number of thioether (sulfide) groups is 1. The van der Waals surface area contributed by atoms with Gasteiger partial charge in [0, 0.05) is 29.2 Å². The van der Waals surface area contributed by atoms with Crippen LogP contribution in [0.1, 0.15) is 21.7 Å². The number of nitrogens with zero attached hydrogens (tertiary/aromatic N) is 4. The van der Waals surface area contributed by atoms with Crippen molar-refractivity contribution in [2.45, 2.75) is 25.5 Å². The number of rotatable bonds is 8. The summed E-state index contributed by atoms with van der Waals surface area (Å²) in [6.45, 7) is 8.50. The standard InChI is InChI=1S/C23H22N4OS2/c1-4-12-26-16(2)14-19(17(26)3)20(28)15-30-23-25-24-22(21-11-8-13-29-21)27(23)18-9-6-5-7-10-18/h4-11,13-14H,1,12,15H2,2-3H3. The normalized spacial score (nSPS) is 11.0. The number of benzene rings is 1. The van der Waals surface area contributed by atoms with Gasteiger partial charge in [0.25, 0.3) is 0 Å². The first-order valence-corrected chi connectivity index (χ1v) is 11.4. The van der Waals surface area contributed by atoms with E-state index in [9.17, 15) is 4.79 Å². The Hall–Kier alpha value is -2.90. The van der Waals surface area contributed by atoms with Crippen LogP contribution >= 0.6 is 23.1 Å². The second kappa shape index (κ2) is 8.85. The Morgan fingerprint density at radius 1 is 1.17 bits per heavy atom. The number of hydrogen-bond donors (Lipinski definition) is 0. The van der Waals surface area contributed by atoms with Crippen LogP contribution in [-0.2, 0) is 6.54 Å². The first-order valence-electron chi connectivity index (χ1n) is 9.58. The van der Waals surface area contributed by atoms with Crippen molar-refractivity contribution < 1.29 is 4.79 Å². The smallest absolute Gasteiger partial charge is 0.196 e. The molecule has 4 aromatic rings. The average Bonchev–Trinajstić information content (AvgIpc) is 3.48. The van der Waals surface area contributed by atoms with Crippen molar-refractivity contribution in [3.8, 4) is 16.4 Å². The van der Waals surface area contributed by atoms with Gasteiger partial charge in [0.15, 0.2) is 16.8 Å². The van der Waals surface area contributed by atoms with E-state index in [1.165, 1.54) is 11.8 Å². The molecule has 0 unspecified atom stereocenters. The molecule has 152 valence electrons. The Morgan fingerprint density at radius 2 is 1.97 bits per heavy atom. The first-order chi connectivity index (χ1) is 14.6. The molecule has 0 saturated carbocycles. The fourth-order valence-electron chi connectivity index (χ4n) is 3.44. The third-order valence-corrected chi connectivity index (χ3v) is 6.70. The molecular formula is C23H22N4OS2. The molecule has 0 aliphatic heterocycles. The molecule has 0 atom stereocenters. The number of ketones is 1. The van der Waals surface area contributed by atoms with E-state index in [1.54, 1.807) is 11.3 Å². The Kier molecular flexibility index (Phi) is 6.01. The molecule has 1 aromatic carbocycles. The molecule has 4 rings (SSSR count). The van der Waals surface area contributed by atoms with E-state index in [-0.39, 0.29) is 5.78 Å². The molecular weight excluding hydrogens is 412 g/mol. The van der Waals surface area contributed by atoms with E-state index in [2.05, 4.69) is 21.3 Å². The van der Waals surface area contributed by atoms with Gasteiger partial charge in [-0.3, -0.25) is 9.36 Å². The summed E-state index contributed by atoms with van der Waals surface area (Å²) in [5, 5.41) is 11.6. The maximum absolute atomic E-state index is 13.0. The van der Waals surface area contributed by atoms with Crippen LogP contribution < -0.4 is 0 Å². The zero-order valence-corrected chi connectivity index (χ0v) is 18.5. The second-order valence-corrected chi connectivity index (χ2v) is 8.74. The number of allylic oxidation sites excluding steroid dienone is 1. The lowest BCUT2D eigenvalue weighted by atomic mass is 10.2. The quantitative estimate of drug-likeness (QED) is 0.206. The van der Waals surface area contributed by atoms with Crippen LogP contribution in [-0.4, -0.2) is 30.9 Å². The molecule has 30 heavy (non-hydrogen) atoms. The van der Waals surface area contributed by atoms with E-state index in [0.717, 1.165) is 33.3 Å². The zero-order chi connectivity index (χ0) is 21.1. The van der Waals surface area contributed by atoms with Gasteiger partial charge in [-0.2, -0.15) is 0 Å². The molecule has 3 heterocycles. The number of Topliss-reactive ketones (excluding diaryl/α,β-unsaturated/α-hetero) is 1. The number of thiophene rings is 1. The molecule has 0 spiro atoms. The fraction of sp³-hybridized carbons (Fsp3) is 0.174. The highest BCUT2D eigenvalue weighted by atomic mass is 32.2. The third-order valence-electron chi connectivity index (χ3n) is 4.91. The highest BCUT2D eigenvalue weighted by Gasteiger charge is 2.20. The van der Waals surface area contributed by atoms with Crippen LogP contribution in [0.15, 0.2) is 71.7 Å².